The molecule has 3 aromatic rings. The Morgan fingerprint density at radius 1 is 1.17 bits per heavy atom. The quantitative estimate of drug-likeness (QED) is 0.552. The number of rotatable bonds is 5. The number of alkyl halides is 3. The van der Waals surface area contributed by atoms with Gasteiger partial charge in [0.05, 0.1) is 37.2 Å². The van der Waals surface area contributed by atoms with Crippen molar-refractivity contribution in [2.45, 2.75) is 19.1 Å². The molecule has 8 nitrogen and oxygen atoms in total. The van der Waals surface area contributed by atoms with Gasteiger partial charge in [0.1, 0.15) is 17.3 Å². The van der Waals surface area contributed by atoms with Crippen LogP contribution < -0.4 is 15.4 Å². The Labute approximate surface area is 206 Å². The number of aryl methyl sites for hydroxylation is 1. The van der Waals surface area contributed by atoms with E-state index in [2.05, 4.69) is 9.97 Å². The van der Waals surface area contributed by atoms with E-state index in [0.29, 0.717) is 42.3 Å². The highest BCUT2D eigenvalue weighted by Crippen LogP contribution is 2.34. The van der Waals surface area contributed by atoms with Gasteiger partial charge < -0.3 is 25.4 Å². The molecule has 1 amide bonds. The number of aliphatic hydroxyl groups excluding tert-OH is 1. The third kappa shape index (κ3) is 5.06. The van der Waals surface area contributed by atoms with Crippen LogP contribution in [0.15, 0.2) is 48.8 Å². The van der Waals surface area contributed by atoms with Gasteiger partial charge in [-0.05, 0) is 36.2 Å². The maximum Gasteiger partial charge on any atom is 0.416 e. The molecule has 2 aromatic heterocycles. The van der Waals surface area contributed by atoms with Crippen LogP contribution in [0.3, 0.4) is 0 Å². The molecule has 1 aromatic carbocycles. The highest BCUT2D eigenvalue weighted by molar-refractivity contribution is 5.94. The average molecular weight is 502 g/mol. The Morgan fingerprint density at radius 2 is 1.89 bits per heavy atom. The Hall–Kier alpha value is -3.86. The summed E-state index contributed by atoms with van der Waals surface area (Å²) in [7, 11) is 1.41. The summed E-state index contributed by atoms with van der Waals surface area (Å²) in [6.45, 7) is 2.95. The standard InChI is InChI=1S/C25H26F3N5O3/c1-15-9-23(29)31-12-21(15)32-7-8-33(18(13-32)14-34)24(35)20-10-22(36-2)19(11-30-20)16-3-5-17(6-4-16)25(26,27)28/h3-6,9-12,18,34H,7-8,13-14H2,1-2H3,(H2,29,31)/t18-/m1/s1. The number of methoxy groups -OCH3 is 1. The topological polar surface area (TPSA) is 105 Å². The van der Waals surface area contributed by atoms with Gasteiger partial charge in [-0.25, -0.2) is 4.98 Å². The predicted molar refractivity (Wildman–Crippen MR) is 129 cm³/mol. The summed E-state index contributed by atoms with van der Waals surface area (Å²) in [5.41, 5.74) is 7.86. The van der Waals surface area contributed by atoms with Gasteiger partial charge in [0.25, 0.3) is 5.91 Å². The molecule has 1 saturated heterocycles. The number of aliphatic hydroxyl groups is 1. The SMILES string of the molecule is COc1cc(C(=O)N2CCN(c3cnc(N)cc3C)C[C@@H]2CO)ncc1-c1ccc(C(F)(F)F)cc1. The minimum Gasteiger partial charge on any atom is -0.496 e. The second-order valence-electron chi connectivity index (χ2n) is 8.52. The Morgan fingerprint density at radius 3 is 2.50 bits per heavy atom. The molecule has 1 fully saturated rings. The van der Waals surface area contributed by atoms with Crippen LogP contribution in [0.2, 0.25) is 0 Å². The van der Waals surface area contributed by atoms with Gasteiger partial charge in [0, 0.05) is 37.5 Å². The lowest BCUT2D eigenvalue weighted by Crippen LogP contribution is -2.57. The molecule has 190 valence electrons. The molecule has 11 heteroatoms. The molecule has 4 rings (SSSR count). The molecular formula is C25H26F3N5O3. The maximum absolute atomic E-state index is 13.3. The Bertz CT molecular complexity index is 1250. The van der Waals surface area contributed by atoms with Gasteiger partial charge >= 0.3 is 6.18 Å². The molecule has 1 aliphatic heterocycles. The van der Waals surface area contributed by atoms with Gasteiger partial charge in [0.15, 0.2) is 0 Å². The zero-order chi connectivity index (χ0) is 26.0. The fraction of sp³-hybridized carbons (Fsp3) is 0.320. The van der Waals surface area contributed by atoms with Gasteiger partial charge in [-0.2, -0.15) is 13.2 Å². The van der Waals surface area contributed by atoms with Crippen molar-refractivity contribution in [3.63, 3.8) is 0 Å². The van der Waals surface area contributed by atoms with Gasteiger partial charge in [-0.3, -0.25) is 9.78 Å². The molecule has 0 unspecified atom stereocenters. The lowest BCUT2D eigenvalue weighted by molar-refractivity contribution is -0.137. The summed E-state index contributed by atoms with van der Waals surface area (Å²) < 4.78 is 44.1. The van der Waals surface area contributed by atoms with Crippen molar-refractivity contribution >= 4 is 17.4 Å². The van der Waals surface area contributed by atoms with E-state index < -0.39 is 17.8 Å². The summed E-state index contributed by atoms with van der Waals surface area (Å²) >= 11 is 0. The summed E-state index contributed by atoms with van der Waals surface area (Å²) in [5, 5.41) is 10.0. The molecule has 0 radical (unpaired) electrons. The molecule has 1 atom stereocenters. The molecule has 1 aliphatic rings. The smallest absolute Gasteiger partial charge is 0.416 e. The third-order valence-electron chi connectivity index (χ3n) is 6.23. The zero-order valence-electron chi connectivity index (χ0n) is 19.8. The molecule has 3 heterocycles. The largest absolute Gasteiger partial charge is 0.496 e. The highest BCUT2D eigenvalue weighted by Gasteiger charge is 2.33. The van der Waals surface area contributed by atoms with Gasteiger partial charge in [-0.15, -0.1) is 0 Å². The Kier molecular flexibility index (Phi) is 7.02. The number of carbonyl (C=O) groups excluding carboxylic acids is 1. The van der Waals surface area contributed by atoms with Crippen LogP contribution in [0.4, 0.5) is 24.7 Å². The lowest BCUT2D eigenvalue weighted by Gasteiger charge is -2.42. The van der Waals surface area contributed by atoms with Crippen molar-refractivity contribution < 1.29 is 27.8 Å². The summed E-state index contributed by atoms with van der Waals surface area (Å²) in [6.07, 6.45) is -1.35. The van der Waals surface area contributed by atoms with Crippen molar-refractivity contribution in [1.29, 1.82) is 0 Å². The first-order chi connectivity index (χ1) is 17.1. The Balaban J connectivity index is 1.54. The number of nitrogen functional groups attached to an aromatic ring is 1. The highest BCUT2D eigenvalue weighted by atomic mass is 19.4. The van der Waals surface area contributed by atoms with E-state index in [1.54, 1.807) is 17.2 Å². The fourth-order valence-electron chi connectivity index (χ4n) is 4.32. The summed E-state index contributed by atoms with van der Waals surface area (Å²) in [4.78, 5) is 25.4. The number of halogens is 3. The molecule has 0 spiro atoms. The maximum atomic E-state index is 13.3. The minimum absolute atomic E-state index is 0.111. The van der Waals surface area contributed by atoms with E-state index in [9.17, 15) is 23.1 Å². The van der Waals surface area contributed by atoms with Crippen LogP contribution in [0.1, 0.15) is 21.6 Å². The van der Waals surface area contributed by atoms with E-state index in [1.807, 2.05) is 11.8 Å². The first kappa shape index (κ1) is 25.2. The van der Waals surface area contributed by atoms with E-state index in [4.69, 9.17) is 10.5 Å². The van der Waals surface area contributed by atoms with Crippen molar-refractivity contribution in [2.24, 2.45) is 0 Å². The number of anilines is 2. The lowest BCUT2D eigenvalue weighted by atomic mass is 10.0. The number of pyridine rings is 2. The first-order valence-corrected chi connectivity index (χ1v) is 11.2. The average Bonchev–Trinajstić information content (AvgIpc) is 2.87. The second-order valence-corrected chi connectivity index (χ2v) is 8.52. The zero-order valence-corrected chi connectivity index (χ0v) is 19.8. The molecule has 0 saturated carbocycles. The van der Waals surface area contributed by atoms with Crippen LogP contribution in [0.25, 0.3) is 11.1 Å². The summed E-state index contributed by atoms with van der Waals surface area (Å²) in [5.74, 6) is 0.345. The van der Waals surface area contributed by atoms with Crippen molar-refractivity contribution in [2.75, 3.05) is 44.0 Å². The molecule has 0 aliphatic carbocycles. The fourth-order valence-corrected chi connectivity index (χ4v) is 4.32. The monoisotopic (exact) mass is 501 g/mol. The first-order valence-electron chi connectivity index (χ1n) is 11.2. The number of ether oxygens (including phenoxy) is 1. The summed E-state index contributed by atoms with van der Waals surface area (Å²) in [6, 6.07) is 7.39. The number of hydrogen-bond acceptors (Lipinski definition) is 7. The van der Waals surface area contributed by atoms with Crippen molar-refractivity contribution in [3.8, 4) is 16.9 Å². The third-order valence-corrected chi connectivity index (χ3v) is 6.23. The van der Waals surface area contributed by atoms with Gasteiger partial charge in [-0.1, -0.05) is 12.1 Å². The second kappa shape index (κ2) is 10.0. The number of nitrogens with zero attached hydrogens (tertiary/aromatic N) is 4. The number of benzene rings is 1. The number of aromatic nitrogens is 2. The van der Waals surface area contributed by atoms with Crippen LogP contribution in [-0.2, 0) is 6.18 Å². The van der Waals surface area contributed by atoms with Crippen LogP contribution in [-0.4, -0.2) is 65.3 Å². The molecule has 0 bridgehead atoms. The van der Waals surface area contributed by atoms with E-state index in [0.717, 1.165) is 23.4 Å². The van der Waals surface area contributed by atoms with E-state index in [1.165, 1.54) is 31.5 Å². The molecule has 36 heavy (non-hydrogen) atoms. The molecular weight excluding hydrogens is 475 g/mol. The van der Waals surface area contributed by atoms with Crippen LogP contribution in [0, 0.1) is 6.92 Å². The molecule has 3 N–H and O–H groups in total. The van der Waals surface area contributed by atoms with Crippen LogP contribution >= 0.6 is 0 Å². The predicted octanol–water partition coefficient (Wildman–Crippen LogP) is 3.38. The number of nitrogens with two attached hydrogens (primary N) is 1. The number of carbonyl (C=O) groups is 1. The number of amides is 1. The van der Waals surface area contributed by atoms with E-state index >= 15 is 0 Å². The van der Waals surface area contributed by atoms with Crippen LogP contribution in [0.5, 0.6) is 5.75 Å². The minimum atomic E-state index is -4.44. The number of hydrogen-bond donors (Lipinski definition) is 2. The van der Waals surface area contributed by atoms with Crippen molar-refractivity contribution in [3.05, 3.63) is 65.6 Å². The van der Waals surface area contributed by atoms with Crippen molar-refractivity contribution in [1.82, 2.24) is 14.9 Å². The number of piperazine rings is 1. The van der Waals surface area contributed by atoms with E-state index in [-0.39, 0.29) is 18.2 Å². The van der Waals surface area contributed by atoms with Gasteiger partial charge in [0.2, 0.25) is 0 Å². The normalized spacial score (nSPS) is 16.2.